The number of carbonyl (C=O) groups is 2. The quantitative estimate of drug-likeness (QED) is 0.555. The Balaban J connectivity index is 1.96. The fourth-order valence-corrected chi connectivity index (χ4v) is 1.50. The van der Waals surface area contributed by atoms with E-state index < -0.39 is 0 Å². The first-order valence-corrected chi connectivity index (χ1v) is 5.96. The standard InChI is InChI=1S/C11H21N3O2/c1-2-4-13-10(15)3-5-14-11(16)6-9-7-12-8-9/h9,12H,2-8H2,1H3,(H,13,15)(H,14,16). The van der Waals surface area contributed by atoms with Crippen molar-refractivity contribution in [2.24, 2.45) is 5.92 Å². The van der Waals surface area contributed by atoms with Crippen molar-refractivity contribution in [1.82, 2.24) is 16.0 Å². The lowest BCUT2D eigenvalue weighted by Gasteiger charge is -2.26. The highest BCUT2D eigenvalue weighted by atomic mass is 16.2. The third-order valence-electron chi connectivity index (χ3n) is 2.59. The summed E-state index contributed by atoms with van der Waals surface area (Å²) in [5.74, 6) is 0.538. The van der Waals surface area contributed by atoms with Gasteiger partial charge in [0.05, 0.1) is 0 Å². The number of carbonyl (C=O) groups excluding carboxylic acids is 2. The van der Waals surface area contributed by atoms with Crippen LogP contribution in [0, 0.1) is 5.92 Å². The van der Waals surface area contributed by atoms with Crippen LogP contribution < -0.4 is 16.0 Å². The molecule has 0 aliphatic carbocycles. The molecule has 0 saturated carbocycles. The maximum absolute atomic E-state index is 11.4. The first-order chi connectivity index (χ1) is 7.72. The Bertz CT molecular complexity index is 239. The SMILES string of the molecule is CCCNC(=O)CCNC(=O)CC1CNC1. The van der Waals surface area contributed by atoms with Crippen LogP contribution >= 0.6 is 0 Å². The van der Waals surface area contributed by atoms with Crippen LogP contribution in [0.4, 0.5) is 0 Å². The van der Waals surface area contributed by atoms with Crippen molar-refractivity contribution in [2.45, 2.75) is 26.2 Å². The van der Waals surface area contributed by atoms with Crippen molar-refractivity contribution < 1.29 is 9.59 Å². The normalized spacial score (nSPS) is 15.3. The predicted octanol–water partition coefficient (Wildman–Crippen LogP) is -0.372. The minimum Gasteiger partial charge on any atom is -0.356 e. The molecule has 0 atom stereocenters. The lowest BCUT2D eigenvalue weighted by molar-refractivity contribution is -0.123. The van der Waals surface area contributed by atoms with Crippen molar-refractivity contribution in [1.29, 1.82) is 0 Å². The Morgan fingerprint density at radius 2 is 1.88 bits per heavy atom. The van der Waals surface area contributed by atoms with Crippen LogP contribution in [0.1, 0.15) is 26.2 Å². The summed E-state index contributed by atoms with van der Waals surface area (Å²) in [5, 5.41) is 8.65. The molecule has 0 aromatic carbocycles. The summed E-state index contributed by atoms with van der Waals surface area (Å²) in [6.45, 7) is 5.03. The first-order valence-electron chi connectivity index (χ1n) is 5.96. The summed E-state index contributed by atoms with van der Waals surface area (Å²) in [5.41, 5.74) is 0. The van der Waals surface area contributed by atoms with E-state index in [1.54, 1.807) is 0 Å². The second kappa shape index (κ2) is 7.22. The van der Waals surface area contributed by atoms with Gasteiger partial charge in [-0.3, -0.25) is 9.59 Å². The molecule has 0 unspecified atom stereocenters. The molecule has 16 heavy (non-hydrogen) atoms. The van der Waals surface area contributed by atoms with Gasteiger partial charge in [-0.15, -0.1) is 0 Å². The molecule has 1 fully saturated rings. The Morgan fingerprint density at radius 3 is 2.44 bits per heavy atom. The Morgan fingerprint density at radius 1 is 1.19 bits per heavy atom. The van der Waals surface area contributed by atoms with Crippen molar-refractivity contribution in [3.63, 3.8) is 0 Å². The average molecular weight is 227 g/mol. The zero-order valence-corrected chi connectivity index (χ0v) is 9.84. The Kier molecular flexibility index (Phi) is 5.85. The van der Waals surface area contributed by atoms with Crippen LogP contribution in [-0.2, 0) is 9.59 Å². The zero-order chi connectivity index (χ0) is 11.8. The summed E-state index contributed by atoms with van der Waals surface area (Å²) in [6.07, 6.45) is 1.88. The summed E-state index contributed by atoms with van der Waals surface area (Å²) >= 11 is 0. The minimum atomic E-state index is 0.00691. The molecule has 1 aliphatic heterocycles. The van der Waals surface area contributed by atoms with Crippen LogP contribution in [-0.4, -0.2) is 38.0 Å². The van der Waals surface area contributed by atoms with E-state index in [0.717, 1.165) is 19.5 Å². The monoisotopic (exact) mass is 227 g/mol. The molecule has 2 amide bonds. The largest absolute Gasteiger partial charge is 0.356 e. The number of rotatable bonds is 7. The number of nitrogens with one attached hydrogen (secondary N) is 3. The van der Waals surface area contributed by atoms with Gasteiger partial charge in [0.2, 0.25) is 11.8 Å². The third-order valence-corrected chi connectivity index (χ3v) is 2.59. The molecule has 5 heteroatoms. The van der Waals surface area contributed by atoms with Crippen LogP contribution in [0.25, 0.3) is 0 Å². The lowest BCUT2D eigenvalue weighted by Crippen LogP contribution is -2.44. The maximum Gasteiger partial charge on any atom is 0.221 e. The first kappa shape index (κ1) is 13.0. The van der Waals surface area contributed by atoms with Gasteiger partial charge < -0.3 is 16.0 Å². The van der Waals surface area contributed by atoms with E-state index in [1.807, 2.05) is 6.92 Å². The van der Waals surface area contributed by atoms with E-state index in [9.17, 15) is 9.59 Å². The Labute approximate surface area is 96.4 Å². The van der Waals surface area contributed by atoms with Gasteiger partial charge in [-0.1, -0.05) is 6.92 Å². The number of hydrogen-bond donors (Lipinski definition) is 3. The van der Waals surface area contributed by atoms with Gasteiger partial charge in [-0.25, -0.2) is 0 Å². The molecule has 1 heterocycles. The highest BCUT2D eigenvalue weighted by molar-refractivity contribution is 5.79. The molecular weight excluding hydrogens is 206 g/mol. The van der Waals surface area contributed by atoms with Gasteiger partial charge >= 0.3 is 0 Å². The van der Waals surface area contributed by atoms with Crippen LogP contribution in [0.2, 0.25) is 0 Å². The van der Waals surface area contributed by atoms with E-state index >= 15 is 0 Å². The Hall–Kier alpha value is -1.10. The molecule has 1 saturated heterocycles. The van der Waals surface area contributed by atoms with Crippen molar-refractivity contribution in [3.05, 3.63) is 0 Å². The lowest BCUT2D eigenvalue weighted by atomic mass is 9.99. The fourth-order valence-electron chi connectivity index (χ4n) is 1.50. The predicted molar refractivity (Wildman–Crippen MR) is 61.9 cm³/mol. The molecule has 5 nitrogen and oxygen atoms in total. The van der Waals surface area contributed by atoms with Gasteiger partial charge in [0.25, 0.3) is 0 Å². The second-order valence-corrected chi connectivity index (χ2v) is 4.18. The van der Waals surface area contributed by atoms with Crippen molar-refractivity contribution in [2.75, 3.05) is 26.2 Å². The molecule has 0 radical (unpaired) electrons. The van der Waals surface area contributed by atoms with Gasteiger partial charge in [0, 0.05) is 25.9 Å². The average Bonchev–Trinajstić information content (AvgIpc) is 2.20. The maximum atomic E-state index is 11.4. The molecule has 92 valence electrons. The second-order valence-electron chi connectivity index (χ2n) is 4.18. The molecule has 1 rings (SSSR count). The van der Waals surface area contributed by atoms with E-state index in [1.165, 1.54) is 0 Å². The van der Waals surface area contributed by atoms with Crippen molar-refractivity contribution in [3.8, 4) is 0 Å². The van der Waals surface area contributed by atoms with E-state index in [4.69, 9.17) is 0 Å². The van der Waals surface area contributed by atoms with E-state index in [2.05, 4.69) is 16.0 Å². The summed E-state index contributed by atoms with van der Waals surface area (Å²) in [7, 11) is 0. The van der Waals surface area contributed by atoms with Gasteiger partial charge in [0.15, 0.2) is 0 Å². The van der Waals surface area contributed by atoms with E-state index in [-0.39, 0.29) is 11.8 Å². The molecule has 0 spiro atoms. The highest BCUT2D eigenvalue weighted by Gasteiger charge is 2.19. The molecule has 0 bridgehead atoms. The van der Waals surface area contributed by atoms with Crippen LogP contribution in [0.3, 0.4) is 0 Å². The van der Waals surface area contributed by atoms with Crippen LogP contribution in [0.5, 0.6) is 0 Å². The molecule has 1 aliphatic rings. The van der Waals surface area contributed by atoms with Crippen LogP contribution in [0.15, 0.2) is 0 Å². The van der Waals surface area contributed by atoms with Crippen molar-refractivity contribution >= 4 is 11.8 Å². The zero-order valence-electron chi connectivity index (χ0n) is 9.84. The summed E-state index contributed by atoms with van der Waals surface area (Å²) in [4.78, 5) is 22.6. The fraction of sp³-hybridized carbons (Fsp3) is 0.818. The topological polar surface area (TPSA) is 70.2 Å². The number of amides is 2. The molecule has 3 N–H and O–H groups in total. The highest BCUT2D eigenvalue weighted by Crippen LogP contribution is 2.07. The van der Waals surface area contributed by atoms with Gasteiger partial charge in [0.1, 0.15) is 0 Å². The summed E-state index contributed by atoms with van der Waals surface area (Å²) < 4.78 is 0. The minimum absolute atomic E-state index is 0.00691. The van der Waals surface area contributed by atoms with E-state index in [0.29, 0.717) is 31.8 Å². The summed E-state index contributed by atoms with van der Waals surface area (Å²) in [6, 6.07) is 0. The molecule has 0 aromatic heterocycles. The third kappa shape index (κ3) is 5.11. The smallest absolute Gasteiger partial charge is 0.221 e. The molecule has 0 aromatic rings. The van der Waals surface area contributed by atoms with Gasteiger partial charge in [-0.05, 0) is 25.4 Å². The number of hydrogen-bond acceptors (Lipinski definition) is 3. The molecular formula is C11H21N3O2. The van der Waals surface area contributed by atoms with Gasteiger partial charge in [-0.2, -0.15) is 0 Å².